The van der Waals surface area contributed by atoms with E-state index in [1.165, 1.54) is 6.42 Å². The Morgan fingerprint density at radius 3 is 2.52 bits per heavy atom. The number of hydrogen-bond donors (Lipinski definition) is 2. The summed E-state index contributed by atoms with van der Waals surface area (Å²) in [5.74, 6) is -1.23. The third-order valence-corrected chi connectivity index (χ3v) is 4.65. The van der Waals surface area contributed by atoms with Gasteiger partial charge in [0.1, 0.15) is 0 Å². The molecule has 1 heterocycles. The van der Waals surface area contributed by atoms with Gasteiger partial charge in [-0.15, -0.1) is 0 Å². The Morgan fingerprint density at radius 1 is 1.05 bits per heavy atom. The lowest BCUT2D eigenvalue weighted by Crippen LogP contribution is -2.43. The van der Waals surface area contributed by atoms with E-state index in [0.29, 0.717) is 12.8 Å². The quantitative estimate of drug-likeness (QED) is 0.764. The van der Waals surface area contributed by atoms with E-state index in [0.717, 1.165) is 51.6 Å². The maximum absolute atomic E-state index is 12.1. The Morgan fingerprint density at radius 2 is 1.81 bits per heavy atom. The molecule has 1 saturated carbocycles. The van der Waals surface area contributed by atoms with Gasteiger partial charge in [0.2, 0.25) is 5.91 Å². The van der Waals surface area contributed by atoms with Gasteiger partial charge in [0, 0.05) is 19.1 Å². The number of hydrogen-bond acceptors (Lipinski definition) is 3. The van der Waals surface area contributed by atoms with Crippen LogP contribution in [0, 0.1) is 5.92 Å². The summed E-state index contributed by atoms with van der Waals surface area (Å²) in [5, 5.41) is 12.3. The van der Waals surface area contributed by atoms with Gasteiger partial charge in [-0.25, -0.2) is 0 Å². The molecule has 0 aromatic carbocycles. The predicted octanol–water partition coefficient (Wildman–Crippen LogP) is 2.49. The topological polar surface area (TPSA) is 75.6 Å². The number of carbonyl (C=O) groups is 2. The minimum absolute atomic E-state index is 0.0256. The number of carbonyl (C=O) groups excluding carboxylic acids is 1. The van der Waals surface area contributed by atoms with Crippen LogP contribution in [0.4, 0.5) is 0 Å². The normalized spacial score (nSPS) is 30.4. The number of carboxylic acid groups (broad SMARTS) is 1. The van der Waals surface area contributed by atoms with Crippen LogP contribution in [-0.4, -0.2) is 35.7 Å². The molecule has 5 heteroatoms. The highest BCUT2D eigenvalue weighted by atomic mass is 16.5. The largest absolute Gasteiger partial charge is 0.481 e. The van der Waals surface area contributed by atoms with Gasteiger partial charge in [0.15, 0.2) is 0 Å². The first-order valence-electron chi connectivity index (χ1n) is 8.30. The molecule has 5 nitrogen and oxygen atoms in total. The molecule has 0 bridgehead atoms. The number of nitrogens with one attached hydrogen (secondary N) is 1. The first kappa shape index (κ1) is 16.3. The summed E-state index contributed by atoms with van der Waals surface area (Å²) in [5.41, 5.74) is 0. The first-order valence-corrected chi connectivity index (χ1v) is 8.30. The molecule has 0 aromatic rings. The SMILES string of the molecule is O=C(CCC1CCCCO1)N[C@H]1CCCCC[C@H]1C(=O)O. The van der Waals surface area contributed by atoms with Crippen molar-refractivity contribution in [1.82, 2.24) is 5.32 Å². The van der Waals surface area contributed by atoms with Crippen molar-refractivity contribution in [3.63, 3.8) is 0 Å². The van der Waals surface area contributed by atoms with E-state index in [1.807, 2.05) is 0 Å². The van der Waals surface area contributed by atoms with E-state index in [-0.39, 0.29) is 18.1 Å². The number of rotatable bonds is 5. The van der Waals surface area contributed by atoms with Crippen molar-refractivity contribution in [2.75, 3.05) is 6.61 Å². The highest BCUT2D eigenvalue weighted by Crippen LogP contribution is 2.24. The molecule has 1 amide bonds. The summed E-state index contributed by atoms with van der Waals surface area (Å²) in [4.78, 5) is 23.4. The molecular formula is C16H27NO4. The van der Waals surface area contributed by atoms with Crippen LogP contribution in [0.5, 0.6) is 0 Å². The van der Waals surface area contributed by atoms with Gasteiger partial charge in [0.25, 0.3) is 0 Å². The van der Waals surface area contributed by atoms with Crippen molar-refractivity contribution in [3.8, 4) is 0 Å². The summed E-state index contributed by atoms with van der Waals surface area (Å²) in [7, 11) is 0. The molecule has 3 atom stereocenters. The van der Waals surface area contributed by atoms with Crippen LogP contribution in [0.25, 0.3) is 0 Å². The Balaban J connectivity index is 1.77. The molecule has 2 rings (SSSR count). The fourth-order valence-corrected chi connectivity index (χ4v) is 3.38. The zero-order chi connectivity index (χ0) is 15.1. The van der Waals surface area contributed by atoms with Crippen LogP contribution in [0.15, 0.2) is 0 Å². The van der Waals surface area contributed by atoms with Crippen LogP contribution in [0.3, 0.4) is 0 Å². The lowest BCUT2D eigenvalue weighted by atomic mass is 9.94. The molecule has 2 aliphatic rings. The summed E-state index contributed by atoms with van der Waals surface area (Å²) in [6.07, 6.45) is 9.17. The highest BCUT2D eigenvalue weighted by Gasteiger charge is 2.30. The van der Waals surface area contributed by atoms with E-state index in [4.69, 9.17) is 4.74 Å². The van der Waals surface area contributed by atoms with E-state index in [1.54, 1.807) is 0 Å². The number of carboxylic acids is 1. The van der Waals surface area contributed by atoms with Gasteiger partial charge < -0.3 is 15.2 Å². The zero-order valence-corrected chi connectivity index (χ0v) is 12.7. The van der Waals surface area contributed by atoms with Crippen molar-refractivity contribution >= 4 is 11.9 Å². The summed E-state index contributed by atoms with van der Waals surface area (Å²) in [6.45, 7) is 0.802. The van der Waals surface area contributed by atoms with Crippen molar-refractivity contribution < 1.29 is 19.4 Å². The Bertz CT molecular complexity index is 352. The Hall–Kier alpha value is -1.10. The number of aliphatic carboxylic acids is 1. The molecule has 1 unspecified atom stereocenters. The molecule has 1 aliphatic heterocycles. The summed E-state index contributed by atoms with van der Waals surface area (Å²) >= 11 is 0. The number of ether oxygens (including phenoxy) is 1. The molecule has 0 spiro atoms. The van der Waals surface area contributed by atoms with Gasteiger partial charge in [-0.2, -0.15) is 0 Å². The smallest absolute Gasteiger partial charge is 0.308 e. The molecule has 120 valence electrons. The van der Waals surface area contributed by atoms with Gasteiger partial charge in [-0.05, 0) is 38.5 Å². The molecular weight excluding hydrogens is 270 g/mol. The van der Waals surface area contributed by atoms with Crippen molar-refractivity contribution in [3.05, 3.63) is 0 Å². The minimum Gasteiger partial charge on any atom is -0.481 e. The maximum atomic E-state index is 12.1. The zero-order valence-electron chi connectivity index (χ0n) is 12.7. The van der Waals surface area contributed by atoms with Gasteiger partial charge in [-0.3, -0.25) is 9.59 Å². The van der Waals surface area contributed by atoms with Crippen molar-refractivity contribution in [1.29, 1.82) is 0 Å². The Labute approximate surface area is 126 Å². The molecule has 0 radical (unpaired) electrons. The number of amides is 1. The lowest BCUT2D eigenvalue weighted by Gasteiger charge is -2.25. The molecule has 1 aliphatic carbocycles. The maximum Gasteiger partial charge on any atom is 0.308 e. The average molecular weight is 297 g/mol. The summed E-state index contributed by atoms with van der Waals surface area (Å²) < 4.78 is 5.62. The molecule has 1 saturated heterocycles. The average Bonchev–Trinajstić information content (AvgIpc) is 2.72. The van der Waals surface area contributed by atoms with Gasteiger partial charge in [-0.1, -0.05) is 19.3 Å². The van der Waals surface area contributed by atoms with Crippen LogP contribution in [-0.2, 0) is 14.3 Å². The van der Waals surface area contributed by atoms with Gasteiger partial charge in [0.05, 0.1) is 12.0 Å². The van der Waals surface area contributed by atoms with Gasteiger partial charge >= 0.3 is 5.97 Å². The molecule has 21 heavy (non-hydrogen) atoms. The van der Waals surface area contributed by atoms with Crippen LogP contribution in [0.2, 0.25) is 0 Å². The molecule has 2 N–H and O–H groups in total. The van der Waals surface area contributed by atoms with Crippen molar-refractivity contribution in [2.45, 2.75) is 76.4 Å². The van der Waals surface area contributed by atoms with Crippen LogP contribution >= 0.6 is 0 Å². The standard InChI is InChI=1S/C16H27NO4/c18-15(10-9-12-6-4-5-11-21-12)17-14-8-3-1-2-7-13(14)16(19)20/h12-14H,1-11H2,(H,17,18)(H,19,20)/t12?,13-,14+/m1/s1. The highest BCUT2D eigenvalue weighted by molar-refractivity contribution is 5.78. The second-order valence-corrected chi connectivity index (χ2v) is 6.28. The molecule has 0 aromatic heterocycles. The third-order valence-electron chi connectivity index (χ3n) is 4.65. The fourth-order valence-electron chi connectivity index (χ4n) is 3.38. The van der Waals surface area contributed by atoms with E-state index in [2.05, 4.69) is 5.32 Å². The first-order chi connectivity index (χ1) is 10.2. The minimum atomic E-state index is -0.780. The van der Waals surface area contributed by atoms with E-state index >= 15 is 0 Å². The third kappa shape index (κ3) is 5.30. The van der Waals surface area contributed by atoms with Crippen LogP contribution < -0.4 is 5.32 Å². The monoisotopic (exact) mass is 297 g/mol. The van der Waals surface area contributed by atoms with E-state index < -0.39 is 11.9 Å². The summed E-state index contributed by atoms with van der Waals surface area (Å²) in [6, 6.07) is -0.204. The predicted molar refractivity (Wildman–Crippen MR) is 79.0 cm³/mol. The fraction of sp³-hybridized carbons (Fsp3) is 0.875. The second kappa shape index (κ2) is 8.37. The van der Waals surface area contributed by atoms with Crippen LogP contribution in [0.1, 0.15) is 64.2 Å². The molecule has 2 fully saturated rings. The van der Waals surface area contributed by atoms with Crippen molar-refractivity contribution in [2.24, 2.45) is 5.92 Å². The second-order valence-electron chi connectivity index (χ2n) is 6.28. The lowest BCUT2D eigenvalue weighted by molar-refractivity contribution is -0.143. The Kier molecular flexibility index (Phi) is 6.49. The van der Waals surface area contributed by atoms with E-state index in [9.17, 15) is 14.7 Å².